The first-order valence-electron chi connectivity index (χ1n) is 12.3. The van der Waals surface area contributed by atoms with Crippen LogP contribution in [0.2, 0.25) is 0 Å². The second-order valence-corrected chi connectivity index (χ2v) is 9.74. The maximum absolute atomic E-state index is 13.5. The summed E-state index contributed by atoms with van der Waals surface area (Å²) < 4.78 is 46.3. The van der Waals surface area contributed by atoms with Gasteiger partial charge in [0, 0.05) is 18.7 Å². The first kappa shape index (κ1) is 25.5. The van der Waals surface area contributed by atoms with Crippen molar-refractivity contribution in [2.75, 3.05) is 39.4 Å². The summed E-state index contributed by atoms with van der Waals surface area (Å²) in [7, 11) is 0. The largest absolute Gasteiger partial charge is 0.493 e. The van der Waals surface area contributed by atoms with Crippen molar-refractivity contribution < 1.29 is 27.8 Å². The topological polar surface area (TPSA) is 61.8 Å². The van der Waals surface area contributed by atoms with Crippen LogP contribution in [0.3, 0.4) is 0 Å². The monoisotopic (exact) mass is 490 g/mol. The predicted molar refractivity (Wildman–Crippen MR) is 128 cm³/mol. The average molecular weight is 491 g/mol. The Labute approximate surface area is 204 Å². The van der Waals surface area contributed by atoms with Crippen LogP contribution in [0, 0.1) is 11.3 Å². The summed E-state index contributed by atoms with van der Waals surface area (Å²) in [6.07, 6.45) is -1.20. The number of halogens is 3. The van der Waals surface area contributed by atoms with Gasteiger partial charge >= 0.3 is 6.18 Å². The molecule has 1 aliphatic heterocycles. The Bertz CT molecular complexity index is 965. The van der Waals surface area contributed by atoms with Gasteiger partial charge in [0.15, 0.2) is 0 Å². The second kappa shape index (κ2) is 11.0. The molecule has 1 heterocycles. The first-order chi connectivity index (χ1) is 16.8. The number of nitrogens with zero attached hydrogens (tertiary/aromatic N) is 1. The molecule has 2 fully saturated rings. The van der Waals surface area contributed by atoms with Crippen LogP contribution in [-0.2, 0) is 0 Å². The molecule has 0 aromatic heterocycles. The number of alkyl halides is 3. The van der Waals surface area contributed by atoms with Gasteiger partial charge in [0.2, 0.25) is 0 Å². The predicted octanol–water partition coefficient (Wildman–Crippen LogP) is 4.90. The minimum atomic E-state index is -4.10. The van der Waals surface area contributed by atoms with Gasteiger partial charge in [-0.05, 0) is 80.1 Å². The summed E-state index contributed by atoms with van der Waals surface area (Å²) >= 11 is 0. The Morgan fingerprint density at radius 1 is 1.03 bits per heavy atom. The molecular weight excluding hydrogens is 457 g/mol. The minimum Gasteiger partial charge on any atom is -0.493 e. The molecule has 190 valence electrons. The van der Waals surface area contributed by atoms with Crippen LogP contribution >= 0.6 is 0 Å². The third-order valence-corrected chi connectivity index (χ3v) is 7.36. The van der Waals surface area contributed by atoms with E-state index in [4.69, 9.17) is 9.84 Å². The third kappa shape index (κ3) is 6.16. The van der Waals surface area contributed by atoms with Crippen molar-refractivity contribution in [2.24, 2.45) is 11.3 Å². The zero-order valence-corrected chi connectivity index (χ0v) is 19.8. The van der Waals surface area contributed by atoms with Gasteiger partial charge in [-0.3, -0.25) is 4.79 Å². The normalized spacial score (nSPS) is 18.6. The van der Waals surface area contributed by atoms with Crippen molar-refractivity contribution in [3.05, 3.63) is 54.1 Å². The van der Waals surface area contributed by atoms with E-state index in [1.165, 1.54) is 0 Å². The average Bonchev–Trinajstić information content (AvgIpc) is 2.84. The number of aliphatic hydroxyl groups is 1. The smallest absolute Gasteiger partial charge is 0.395 e. The number of nitrogens with one attached hydrogen (secondary N) is 1. The van der Waals surface area contributed by atoms with Crippen molar-refractivity contribution >= 4 is 5.91 Å². The summed E-state index contributed by atoms with van der Waals surface area (Å²) in [6, 6.07) is 15.0. The van der Waals surface area contributed by atoms with E-state index in [1.807, 2.05) is 41.3 Å². The molecule has 0 spiro atoms. The number of piperidine rings is 1. The number of hydrogen-bond acceptors (Lipinski definition) is 4. The molecule has 1 saturated heterocycles. The fraction of sp³-hybridized carbons (Fsp3) is 0.519. The zero-order valence-electron chi connectivity index (χ0n) is 19.8. The highest BCUT2D eigenvalue weighted by Gasteiger charge is 2.58. The summed E-state index contributed by atoms with van der Waals surface area (Å²) in [5.74, 6) is 0.892. The highest BCUT2D eigenvalue weighted by molar-refractivity contribution is 5.94. The van der Waals surface area contributed by atoms with E-state index in [2.05, 4.69) is 5.32 Å². The Hall–Kier alpha value is -2.58. The Morgan fingerprint density at radius 3 is 2.14 bits per heavy atom. The fourth-order valence-electron chi connectivity index (χ4n) is 4.92. The van der Waals surface area contributed by atoms with Gasteiger partial charge in [0.25, 0.3) is 5.91 Å². The van der Waals surface area contributed by atoms with Crippen LogP contribution < -0.4 is 10.1 Å². The summed E-state index contributed by atoms with van der Waals surface area (Å²) in [6.45, 7) is 2.21. The molecule has 1 amide bonds. The van der Waals surface area contributed by atoms with Crippen LogP contribution in [0.1, 0.15) is 42.5 Å². The summed E-state index contributed by atoms with van der Waals surface area (Å²) in [5.41, 5.74) is 1.04. The summed E-state index contributed by atoms with van der Waals surface area (Å²) in [5, 5.41) is 11.4. The number of carbonyl (C=O) groups is 1. The van der Waals surface area contributed by atoms with Gasteiger partial charge in [0.05, 0.1) is 18.6 Å². The van der Waals surface area contributed by atoms with Crippen molar-refractivity contribution in [3.8, 4) is 16.9 Å². The molecule has 2 aromatic rings. The van der Waals surface area contributed by atoms with E-state index in [9.17, 15) is 18.0 Å². The second-order valence-electron chi connectivity index (χ2n) is 9.74. The molecule has 1 aliphatic carbocycles. The molecule has 35 heavy (non-hydrogen) atoms. The molecule has 0 atom stereocenters. The van der Waals surface area contributed by atoms with Gasteiger partial charge in [0.1, 0.15) is 5.75 Å². The highest BCUT2D eigenvalue weighted by atomic mass is 19.4. The van der Waals surface area contributed by atoms with E-state index in [0.717, 1.165) is 29.7 Å². The lowest BCUT2D eigenvalue weighted by molar-refractivity contribution is -0.256. The third-order valence-electron chi connectivity index (χ3n) is 7.36. The Kier molecular flexibility index (Phi) is 8.02. The molecule has 2 aromatic carbocycles. The van der Waals surface area contributed by atoms with Crippen LogP contribution in [0.4, 0.5) is 13.2 Å². The van der Waals surface area contributed by atoms with E-state index in [-0.39, 0.29) is 38.4 Å². The summed E-state index contributed by atoms with van der Waals surface area (Å²) in [4.78, 5) is 13.9. The number of benzene rings is 2. The molecule has 0 unspecified atom stereocenters. The van der Waals surface area contributed by atoms with Crippen molar-refractivity contribution in [1.82, 2.24) is 10.2 Å². The number of likely N-dealkylation sites (tertiary alicyclic amines) is 1. The van der Waals surface area contributed by atoms with Gasteiger partial charge in [-0.15, -0.1) is 0 Å². The maximum Gasteiger partial charge on any atom is 0.395 e. The molecule has 0 radical (unpaired) electrons. The maximum atomic E-state index is 13.5. The van der Waals surface area contributed by atoms with Crippen molar-refractivity contribution in [3.63, 3.8) is 0 Å². The number of ether oxygens (including phenoxy) is 1. The van der Waals surface area contributed by atoms with Crippen LogP contribution in [0.25, 0.3) is 11.1 Å². The number of aliphatic hydroxyl groups excluding tert-OH is 1. The SMILES string of the molecule is O=C(NCCO)c1ccc(-c2ccc(OCC3CCN(CC4(C(F)(F)F)CCC4)CC3)cc2)cc1. The van der Waals surface area contributed by atoms with Crippen LogP contribution in [0.15, 0.2) is 48.5 Å². The van der Waals surface area contributed by atoms with Gasteiger partial charge in [-0.25, -0.2) is 0 Å². The van der Waals surface area contributed by atoms with Crippen LogP contribution in [0.5, 0.6) is 5.75 Å². The Morgan fingerprint density at radius 2 is 1.63 bits per heavy atom. The standard InChI is InChI=1S/C27H33F3N2O3/c28-27(29,30)26(12-1-13-26)19-32-15-10-20(11-16-32)18-35-24-8-6-22(7-9-24)21-2-4-23(5-3-21)25(34)31-14-17-33/h2-9,20,33H,1,10-19H2,(H,31,34). The van der Waals surface area contributed by atoms with E-state index in [0.29, 0.717) is 37.6 Å². The molecule has 8 heteroatoms. The van der Waals surface area contributed by atoms with E-state index in [1.54, 1.807) is 12.1 Å². The molecule has 0 bridgehead atoms. The van der Waals surface area contributed by atoms with Crippen LogP contribution in [-0.4, -0.2) is 61.5 Å². The molecule has 4 rings (SSSR count). The first-order valence-corrected chi connectivity index (χ1v) is 12.3. The van der Waals surface area contributed by atoms with Gasteiger partial charge < -0.3 is 20.1 Å². The van der Waals surface area contributed by atoms with E-state index < -0.39 is 11.6 Å². The van der Waals surface area contributed by atoms with Gasteiger partial charge in [-0.2, -0.15) is 13.2 Å². The highest BCUT2D eigenvalue weighted by Crippen LogP contribution is 2.53. The van der Waals surface area contributed by atoms with Crippen molar-refractivity contribution in [1.29, 1.82) is 0 Å². The van der Waals surface area contributed by atoms with Crippen molar-refractivity contribution in [2.45, 2.75) is 38.3 Å². The molecule has 5 nitrogen and oxygen atoms in total. The molecule has 1 saturated carbocycles. The van der Waals surface area contributed by atoms with E-state index >= 15 is 0 Å². The number of amides is 1. The molecule has 2 aliphatic rings. The fourth-order valence-corrected chi connectivity index (χ4v) is 4.92. The number of carbonyl (C=O) groups excluding carboxylic acids is 1. The minimum absolute atomic E-state index is 0.0972. The lowest BCUT2D eigenvalue weighted by atomic mass is 9.67. The molecular formula is C27H33F3N2O3. The number of hydrogen-bond donors (Lipinski definition) is 2. The number of rotatable bonds is 9. The Balaban J connectivity index is 1.22. The lowest BCUT2D eigenvalue weighted by Crippen LogP contribution is -2.53. The zero-order chi connectivity index (χ0) is 24.9. The quantitative estimate of drug-likeness (QED) is 0.525. The lowest BCUT2D eigenvalue weighted by Gasteiger charge is -2.47. The van der Waals surface area contributed by atoms with Gasteiger partial charge in [-0.1, -0.05) is 30.7 Å². The molecule has 2 N–H and O–H groups in total.